The van der Waals surface area contributed by atoms with Crippen molar-refractivity contribution in [1.29, 1.82) is 0 Å². The molecule has 0 atom stereocenters. The summed E-state index contributed by atoms with van der Waals surface area (Å²) in [5.41, 5.74) is -0.150. The molecule has 0 saturated heterocycles. The van der Waals surface area contributed by atoms with Gasteiger partial charge in [-0.05, 0) is 39.0 Å². The zero-order chi connectivity index (χ0) is 15.2. The molecule has 0 unspecified atom stereocenters. The van der Waals surface area contributed by atoms with E-state index < -0.39 is 23.3 Å². The van der Waals surface area contributed by atoms with Crippen molar-refractivity contribution in [3.05, 3.63) is 35.4 Å². The lowest BCUT2D eigenvalue weighted by atomic mass is 10.2. The van der Waals surface area contributed by atoms with E-state index in [1.54, 1.807) is 20.8 Å². The number of hydrogen-bond donors (Lipinski definition) is 1. The van der Waals surface area contributed by atoms with E-state index in [4.69, 9.17) is 4.74 Å². The van der Waals surface area contributed by atoms with Gasteiger partial charge < -0.3 is 10.1 Å². The summed E-state index contributed by atoms with van der Waals surface area (Å²) >= 11 is 0. The molecular formula is C15H17F2NO2. The summed E-state index contributed by atoms with van der Waals surface area (Å²) in [5, 5.41) is 2.55. The van der Waals surface area contributed by atoms with Crippen molar-refractivity contribution in [3.63, 3.8) is 0 Å². The molecule has 0 aliphatic carbocycles. The van der Waals surface area contributed by atoms with Crippen LogP contribution in [0.2, 0.25) is 0 Å². The smallest absolute Gasteiger partial charge is 0.407 e. The molecule has 0 aliphatic heterocycles. The lowest BCUT2D eigenvalue weighted by molar-refractivity contribution is 0.0529. The molecule has 0 spiro atoms. The predicted molar refractivity (Wildman–Crippen MR) is 72.1 cm³/mol. The SMILES string of the molecule is CC(C)(C)OC(=O)NCCC#Cc1ccc(F)c(F)c1. The summed E-state index contributed by atoms with van der Waals surface area (Å²) in [6.07, 6.45) is -0.120. The maximum Gasteiger partial charge on any atom is 0.407 e. The standard InChI is InChI=1S/C15H17F2NO2/c1-15(2,3)20-14(19)18-9-5-4-6-11-7-8-12(16)13(17)10-11/h7-8,10H,5,9H2,1-3H3,(H,18,19). The number of ether oxygens (including phenoxy) is 1. The van der Waals surface area contributed by atoms with Crippen LogP contribution < -0.4 is 5.32 Å². The van der Waals surface area contributed by atoms with Gasteiger partial charge in [-0.15, -0.1) is 0 Å². The summed E-state index contributed by atoms with van der Waals surface area (Å²) in [6, 6.07) is 3.45. The van der Waals surface area contributed by atoms with Crippen LogP contribution in [0.15, 0.2) is 18.2 Å². The number of hydrogen-bond acceptors (Lipinski definition) is 2. The second kappa shape index (κ2) is 6.90. The van der Waals surface area contributed by atoms with E-state index in [2.05, 4.69) is 17.2 Å². The Morgan fingerprint density at radius 3 is 2.60 bits per heavy atom. The van der Waals surface area contributed by atoms with Crippen molar-refractivity contribution in [2.24, 2.45) is 0 Å². The third-order valence-corrected chi connectivity index (χ3v) is 2.07. The second-order valence-electron chi connectivity index (χ2n) is 5.11. The first-order valence-corrected chi connectivity index (χ1v) is 6.19. The Labute approximate surface area is 117 Å². The minimum Gasteiger partial charge on any atom is -0.444 e. The van der Waals surface area contributed by atoms with Gasteiger partial charge in [0.25, 0.3) is 0 Å². The van der Waals surface area contributed by atoms with Gasteiger partial charge in [0, 0.05) is 18.5 Å². The van der Waals surface area contributed by atoms with Crippen LogP contribution in [0.3, 0.4) is 0 Å². The van der Waals surface area contributed by atoms with Gasteiger partial charge in [-0.1, -0.05) is 11.8 Å². The first-order chi connectivity index (χ1) is 9.28. The lowest BCUT2D eigenvalue weighted by Gasteiger charge is -2.19. The molecule has 1 aromatic rings. The fraction of sp³-hybridized carbons (Fsp3) is 0.400. The monoisotopic (exact) mass is 281 g/mol. The van der Waals surface area contributed by atoms with E-state index in [1.807, 2.05) is 0 Å². The third-order valence-electron chi connectivity index (χ3n) is 2.07. The summed E-state index contributed by atoms with van der Waals surface area (Å²) in [5.74, 6) is 3.62. The van der Waals surface area contributed by atoms with Gasteiger partial charge in [-0.25, -0.2) is 13.6 Å². The first kappa shape index (κ1) is 16.0. The third kappa shape index (κ3) is 6.19. The van der Waals surface area contributed by atoms with Crippen molar-refractivity contribution in [2.45, 2.75) is 32.8 Å². The Bertz CT molecular complexity index is 539. The average Bonchev–Trinajstić information content (AvgIpc) is 2.31. The molecule has 1 N–H and O–H groups in total. The van der Waals surface area contributed by atoms with Crippen LogP contribution in [-0.4, -0.2) is 18.2 Å². The Morgan fingerprint density at radius 1 is 1.30 bits per heavy atom. The largest absolute Gasteiger partial charge is 0.444 e. The van der Waals surface area contributed by atoms with E-state index in [0.717, 1.165) is 12.1 Å². The van der Waals surface area contributed by atoms with Crippen molar-refractivity contribution in [2.75, 3.05) is 6.54 Å². The number of amides is 1. The number of carbonyl (C=O) groups is 1. The van der Waals surface area contributed by atoms with Gasteiger partial charge in [0.05, 0.1) is 0 Å². The summed E-state index contributed by atoms with van der Waals surface area (Å²) in [4.78, 5) is 11.3. The van der Waals surface area contributed by atoms with E-state index in [-0.39, 0.29) is 0 Å². The van der Waals surface area contributed by atoms with Gasteiger partial charge in [0.2, 0.25) is 0 Å². The Balaban J connectivity index is 2.36. The van der Waals surface area contributed by atoms with Crippen LogP contribution in [-0.2, 0) is 4.74 Å². The van der Waals surface area contributed by atoms with E-state index in [0.29, 0.717) is 18.5 Å². The summed E-state index contributed by atoms with van der Waals surface area (Å²) < 4.78 is 30.6. The van der Waals surface area contributed by atoms with Crippen molar-refractivity contribution in [1.82, 2.24) is 5.32 Å². The van der Waals surface area contributed by atoms with E-state index in [1.165, 1.54) is 6.07 Å². The molecule has 3 nitrogen and oxygen atoms in total. The Hall–Kier alpha value is -2.09. The van der Waals surface area contributed by atoms with Crippen LogP contribution in [0.5, 0.6) is 0 Å². The van der Waals surface area contributed by atoms with Gasteiger partial charge >= 0.3 is 6.09 Å². The highest BCUT2D eigenvalue weighted by Gasteiger charge is 2.15. The van der Waals surface area contributed by atoms with Gasteiger partial charge in [0.1, 0.15) is 5.60 Å². The highest BCUT2D eigenvalue weighted by Crippen LogP contribution is 2.07. The molecule has 0 radical (unpaired) electrons. The zero-order valence-corrected chi connectivity index (χ0v) is 11.7. The molecule has 0 bridgehead atoms. The highest BCUT2D eigenvalue weighted by molar-refractivity contribution is 5.67. The summed E-state index contributed by atoms with van der Waals surface area (Å²) in [7, 11) is 0. The minimum atomic E-state index is -0.927. The van der Waals surface area contributed by atoms with E-state index >= 15 is 0 Å². The van der Waals surface area contributed by atoms with Crippen molar-refractivity contribution in [3.8, 4) is 11.8 Å². The van der Waals surface area contributed by atoms with Crippen LogP contribution in [0, 0.1) is 23.5 Å². The molecule has 1 aromatic carbocycles. The quantitative estimate of drug-likeness (QED) is 0.667. The maximum atomic E-state index is 12.9. The topological polar surface area (TPSA) is 38.3 Å². The number of alkyl carbamates (subject to hydrolysis) is 1. The molecule has 1 rings (SSSR count). The number of benzene rings is 1. The number of rotatable bonds is 2. The first-order valence-electron chi connectivity index (χ1n) is 6.19. The van der Waals surface area contributed by atoms with Crippen LogP contribution >= 0.6 is 0 Å². The predicted octanol–water partition coefficient (Wildman–Crippen LogP) is 3.23. The van der Waals surface area contributed by atoms with Crippen molar-refractivity contribution < 1.29 is 18.3 Å². The second-order valence-corrected chi connectivity index (χ2v) is 5.11. The molecule has 20 heavy (non-hydrogen) atoms. The van der Waals surface area contributed by atoms with Crippen molar-refractivity contribution >= 4 is 6.09 Å². The fourth-order valence-corrected chi connectivity index (χ4v) is 1.28. The summed E-state index contributed by atoms with van der Waals surface area (Å²) in [6.45, 7) is 5.64. The number of nitrogens with one attached hydrogen (secondary N) is 1. The zero-order valence-electron chi connectivity index (χ0n) is 11.7. The normalized spacial score (nSPS) is 10.4. The molecule has 0 fully saturated rings. The maximum absolute atomic E-state index is 12.9. The molecule has 0 aliphatic rings. The molecule has 1 amide bonds. The average molecular weight is 281 g/mol. The molecule has 108 valence electrons. The Morgan fingerprint density at radius 2 is 2.00 bits per heavy atom. The molecule has 0 heterocycles. The van der Waals surface area contributed by atoms with Crippen LogP contribution in [0.1, 0.15) is 32.8 Å². The molecule has 0 saturated carbocycles. The Kier molecular flexibility index (Phi) is 5.51. The van der Waals surface area contributed by atoms with E-state index in [9.17, 15) is 13.6 Å². The van der Waals surface area contributed by atoms with Crippen LogP contribution in [0.25, 0.3) is 0 Å². The molecule has 0 aromatic heterocycles. The van der Waals surface area contributed by atoms with Gasteiger partial charge in [-0.2, -0.15) is 0 Å². The number of carbonyl (C=O) groups excluding carboxylic acids is 1. The molecular weight excluding hydrogens is 264 g/mol. The van der Waals surface area contributed by atoms with Gasteiger partial charge in [0.15, 0.2) is 11.6 Å². The van der Waals surface area contributed by atoms with Gasteiger partial charge in [-0.3, -0.25) is 0 Å². The van der Waals surface area contributed by atoms with Crippen LogP contribution in [0.4, 0.5) is 13.6 Å². The number of halogens is 2. The molecule has 5 heteroatoms. The lowest BCUT2D eigenvalue weighted by Crippen LogP contribution is -2.32. The highest BCUT2D eigenvalue weighted by atomic mass is 19.2. The minimum absolute atomic E-state index is 0.325. The fourth-order valence-electron chi connectivity index (χ4n) is 1.28.